The number of hydrogen-bond acceptors (Lipinski definition) is 1. The van der Waals surface area contributed by atoms with Crippen molar-refractivity contribution >= 4 is 60.2 Å². The molecule has 0 heterocycles. The molecule has 0 N–H and O–H groups in total. The third kappa shape index (κ3) is 6.21. The lowest BCUT2D eigenvalue weighted by Crippen LogP contribution is -2.10. The molecule has 11 aromatic carbocycles. The van der Waals surface area contributed by atoms with Gasteiger partial charge in [0.2, 0.25) is 0 Å². The minimum absolute atomic E-state index is 1.10. The maximum Gasteiger partial charge on any atom is 0.0467 e. The molecule has 0 spiro atoms. The Morgan fingerprint density at radius 1 is 0.220 bits per heavy atom. The number of nitrogens with zero attached hydrogens (tertiary/aromatic N) is 1. The molecule has 0 aromatic heterocycles. The van der Waals surface area contributed by atoms with Gasteiger partial charge in [-0.1, -0.05) is 194 Å². The van der Waals surface area contributed by atoms with Gasteiger partial charge in [0.25, 0.3) is 0 Å². The van der Waals surface area contributed by atoms with Crippen molar-refractivity contribution in [2.24, 2.45) is 0 Å². The first-order valence-corrected chi connectivity index (χ1v) is 20.3. The highest BCUT2D eigenvalue weighted by Crippen LogP contribution is 2.42. The second-order valence-electron chi connectivity index (χ2n) is 15.3. The highest BCUT2D eigenvalue weighted by Gasteiger charge is 2.17. The predicted molar refractivity (Wildman–Crippen MR) is 253 cm³/mol. The van der Waals surface area contributed by atoms with Crippen molar-refractivity contribution in [3.05, 3.63) is 237 Å². The van der Waals surface area contributed by atoms with Crippen LogP contribution >= 0.6 is 0 Å². The molecule has 0 atom stereocenters. The minimum Gasteiger partial charge on any atom is -0.310 e. The Hall–Kier alpha value is -7.74. The summed E-state index contributed by atoms with van der Waals surface area (Å²) in [5.41, 5.74) is 12.9. The van der Waals surface area contributed by atoms with Gasteiger partial charge in [0.05, 0.1) is 0 Å². The zero-order valence-electron chi connectivity index (χ0n) is 32.5. The number of anilines is 3. The van der Waals surface area contributed by atoms with Gasteiger partial charge in [-0.2, -0.15) is 0 Å². The second kappa shape index (κ2) is 14.6. The third-order valence-corrected chi connectivity index (χ3v) is 11.8. The van der Waals surface area contributed by atoms with Gasteiger partial charge in [-0.15, -0.1) is 0 Å². The van der Waals surface area contributed by atoms with Crippen molar-refractivity contribution in [1.82, 2.24) is 0 Å². The molecule has 0 aliphatic heterocycles. The largest absolute Gasteiger partial charge is 0.310 e. The van der Waals surface area contributed by atoms with Crippen LogP contribution in [-0.2, 0) is 0 Å². The first kappa shape index (κ1) is 34.5. The van der Waals surface area contributed by atoms with Gasteiger partial charge in [0, 0.05) is 17.1 Å². The minimum atomic E-state index is 1.10. The van der Waals surface area contributed by atoms with Crippen LogP contribution in [0, 0.1) is 0 Å². The van der Waals surface area contributed by atoms with Crippen LogP contribution in [-0.4, -0.2) is 0 Å². The summed E-state index contributed by atoms with van der Waals surface area (Å²) >= 11 is 0. The molecule has 11 rings (SSSR count). The SMILES string of the molecule is c1ccc(-c2ccc(N(c3ccc(-c4cccc5ccccc45)cc3)c3cccc(-c4cccc(-c5cccc6c7ccccc7c7ccccc7c56)c4)c3)cc2)cc1. The van der Waals surface area contributed by atoms with Gasteiger partial charge in [-0.05, 0) is 130 Å². The lowest BCUT2D eigenvalue weighted by atomic mass is 9.89. The summed E-state index contributed by atoms with van der Waals surface area (Å²) in [5, 5.41) is 10.2. The van der Waals surface area contributed by atoms with E-state index in [9.17, 15) is 0 Å². The van der Waals surface area contributed by atoms with Crippen LogP contribution < -0.4 is 4.90 Å². The molecule has 11 aromatic rings. The average molecular weight is 750 g/mol. The normalized spacial score (nSPS) is 11.4. The fraction of sp³-hybridized carbons (Fsp3) is 0. The van der Waals surface area contributed by atoms with Crippen LogP contribution in [0.5, 0.6) is 0 Å². The summed E-state index contributed by atoms with van der Waals surface area (Å²) in [6, 6.07) is 86.1. The fourth-order valence-corrected chi connectivity index (χ4v) is 9.04. The molecule has 0 bridgehead atoms. The number of hydrogen-bond donors (Lipinski definition) is 0. The van der Waals surface area contributed by atoms with Crippen LogP contribution in [0.1, 0.15) is 0 Å². The quantitative estimate of drug-likeness (QED) is 0.147. The molecular formula is C58H39N. The van der Waals surface area contributed by atoms with E-state index in [4.69, 9.17) is 0 Å². The summed E-state index contributed by atoms with van der Waals surface area (Å²) in [5.74, 6) is 0. The molecule has 1 nitrogen and oxygen atoms in total. The number of benzene rings is 11. The Kier molecular flexibility index (Phi) is 8.56. The monoisotopic (exact) mass is 749 g/mol. The van der Waals surface area contributed by atoms with Crippen molar-refractivity contribution in [3.63, 3.8) is 0 Å². The maximum atomic E-state index is 2.37. The van der Waals surface area contributed by atoms with Crippen LogP contribution in [0.4, 0.5) is 17.1 Å². The van der Waals surface area contributed by atoms with Gasteiger partial charge < -0.3 is 4.90 Å². The molecule has 0 saturated carbocycles. The molecule has 0 unspecified atom stereocenters. The van der Waals surface area contributed by atoms with Crippen LogP contribution in [0.25, 0.3) is 87.6 Å². The van der Waals surface area contributed by atoms with E-state index in [1.807, 2.05) is 0 Å². The first-order valence-electron chi connectivity index (χ1n) is 20.3. The average Bonchev–Trinajstić information content (AvgIpc) is 3.32. The Balaban J connectivity index is 1.02. The van der Waals surface area contributed by atoms with Gasteiger partial charge in [0.15, 0.2) is 0 Å². The maximum absolute atomic E-state index is 2.37. The molecule has 0 saturated heterocycles. The summed E-state index contributed by atoms with van der Waals surface area (Å²) in [6.07, 6.45) is 0. The third-order valence-electron chi connectivity index (χ3n) is 11.8. The van der Waals surface area contributed by atoms with E-state index in [2.05, 4.69) is 241 Å². The standard InChI is InChI=1S/C58H39N/c1-2-14-40(15-3-1)41-30-34-47(35-31-41)59(48-36-32-43(33-37-48)51-27-12-17-42-16-4-5-22-50(42)51)49-21-11-19-45(39-49)44-18-10-20-46(38-44)52-28-13-29-57-55-24-7-6-23-53(55)54-25-8-9-26-56(54)58(52)57/h1-39H. The van der Waals surface area contributed by atoms with Crippen molar-refractivity contribution in [2.45, 2.75) is 0 Å². The first-order chi connectivity index (χ1) is 29.3. The topological polar surface area (TPSA) is 3.24 Å². The molecule has 0 radical (unpaired) electrons. The van der Waals surface area contributed by atoms with E-state index < -0.39 is 0 Å². The van der Waals surface area contributed by atoms with Gasteiger partial charge >= 0.3 is 0 Å². The van der Waals surface area contributed by atoms with Crippen LogP contribution in [0.3, 0.4) is 0 Å². The van der Waals surface area contributed by atoms with Crippen molar-refractivity contribution in [3.8, 4) is 44.5 Å². The summed E-state index contributed by atoms with van der Waals surface area (Å²) in [6.45, 7) is 0. The molecule has 0 fully saturated rings. The van der Waals surface area contributed by atoms with E-state index in [-0.39, 0.29) is 0 Å². The molecule has 0 aliphatic rings. The Labute approximate surface area is 344 Å². The smallest absolute Gasteiger partial charge is 0.0467 e. The van der Waals surface area contributed by atoms with Crippen molar-refractivity contribution in [2.75, 3.05) is 4.90 Å². The summed E-state index contributed by atoms with van der Waals surface area (Å²) in [4.78, 5) is 2.37. The summed E-state index contributed by atoms with van der Waals surface area (Å²) in [7, 11) is 0. The molecule has 0 aliphatic carbocycles. The molecule has 59 heavy (non-hydrogen) atoms. The van der Waals surface area contributed by atoms with Crippen molar-refractivity contribution in [1.29, 1.82) is 0 Å². The molecule has 276 valence electrons. The Morgan fingerprint density at radius 3 is 1.37 bits per heavy atom. The Bertz CT molecular complexity index is 3260. The van der Waals surface area contributed by atoms with Gasteiger partial charge in [-0.25, -0.2) is 0 Å². The fourth-order valence-electron chi connectivity index (χ4n) is 9.04. The predicted octanol–water partition coefficient (Wildman–Crippen LogP) is 16.4. The highest BCUT2D eigenvalue weighted by molar-refractivity contribution is 6.28. The zero-order chi connectivity index (χ0) is 39.1. The molecule has 1 heteroatoms. The van der Waals surface area contributed by atoms with E-state index in [0.717, 1.165) is 22.6 Å². The van der Waals surface area contributed by atoms with E-state index in [1.165, 1.54) is 82.0 Å². The lowest BCUT2D eigenvalue weighted by molar-refractivity contribution is 1.28. The zero-order valence-corrected chi connectivity index (χ0v) is 32.5. The number of fused-ring (bicyclic) bond motifs is 7. The Morgan fingerprint density at radius 2 is 0.661 bits per heavy atom. The molecule has 0 amide bonds. The molecular weight excluding hydrogens is 711 g/mol. The number of rotatable bonds is 7. The van der Waals surface area contributed by atoms with E-state index in [0.29, 0.717) is 0 Å². The highest BCUT2D eigenvalue weighted by atomic mass is 15.1. The summed E-state index contributed by atoms with van der Waals surface area (Å²) < 4.78 is 0. The van der Waals surface area contributed by atoms with Crippen molar-refractivity contribution < 1.29 is 0 Å². The van der Waals surface area contributed by atoms with Gasteiger partial charge in [0.1, 0.15) is 0 Å². The van der Waals surface area contributed by atoms with Crippen LogP contribution in [0.15, 0.2) is 237 Å². The van der Waals surface area contributed by atoms with E-state index in [1.54, 1.807) is 0 Å². The lowest BCUT2D eigenvalue weighted by Gasteiger charge is -2.26. The van der Waals surface area contributed by atoms with Crippen LogP contribution in [0.2, 0.25) is 0 Å². The van der Waals surface area contributed by atoms with E-state index >= 15 is 0 Å². The van der Waals surface area contributed by atoms with Gasteiger partial charge in [-0.3, -0.25) is 0 Å². The second-order valence-corrected chi connectivity index (χ2v) is 15.3.